The van der Waals surface area contributed by atoms with Crippen LogP contribution in [0.3, 0.4) is 0 Å². The van der Waals surface area contributed by atoms with Gasteiger partial charge in [0.2, 0.25) is 0 Å². The normalized spacial score (nSPS) is 17.4. The van der Waals surface area contributed by atoms with E-state index >= 15 is 0 Å². The molecule has 2 nitrogen and oxygen atoms in total. The smallest absolute Gasteiger partial charge is 0.303 e. The van der Waals surface area contributed by atoms with E-state index in [4.69, 9.17) is 5.11 Å². The molecule has 0 aliphatic heterocycles. The van der Waals surface area contributed by atoms with Gasteiger partial charge in [0, 0.05) is 6.42 Å². The molecule has 0 amide bonds. The van der Waals surface area contributed by atoms with Gasteiger partial charge in [0.05, 0.1) is 0 Å². The van der Waals surface area contributed by atoms with Gasteiger partial charge in [-0.2, -0.15) is 0 Å². The Morgan fingerprint density at radius 2 is 1.69 bits per heavy atom. The van der Waals surface area contributed by atoms with E-state index in [9.17, 15) is 4.79 Å². The molecule has 0 unspecified atom stereocenters. The van der Waals surface area contributed by atoms with Crippen LogP contribution in [0.15, 0.2) is 0 Å². The lowest BCUT2D eigenvalue weighted by Crippen LogP contribution is -2.03. The fourth-order valence-corrected chi connectivity index (χ4v) is 1.60. The number of aliphatic carboxylic acids is 1. The Hall–Kier alpha value is -0.530. The first-order chi connectivity index (χ1) is 6.20. The van der Waals surface area contributed by atoms with Crippen molar-refractivity contribution in [3.05, 3.63) is 0 Å². The van der Waals surface area contributed by atoms with Crippen LogP contribution in [0.4, 0.5) is 0 Å². The molecule has 2 heteroatoms. The molecule has 1 N–H and O–H groups in total. The maximum absolute atomic E-state index is 9.37. The highest BCUT2D eigenvalue weighted by Gasteiger charge is 2.09. The molecule has 1 aliphatic rings. The number of carboxylic acids is 1. The Bertz CT molecular complexity index is 126. The highest BCUT2D eigenvalue weighted by atomic mass is 16.4. The molecule has 0 atom stereocenters. The summed E-state index contributed by atoms with van der Waals surface area (Å²) in [6.07, 6.45) is 9.15. The number of hydrogen-bond donors (Lipinski definition) is 1. The van der Waals surface area contributed by atoms with Crippen molar-refractivity contribution in [1.29, 1.82) is 0 Å². The maximum Gasteiger partial charge on any atom is 0.303 e. The molecule has 1 fully saturated rings. The van der Waals surface area contributed by atoms with Crippen LogP contribution < -0.4 is 0 Å². The number of carboxylic acid groups (broad SMARTS) is 1. The quantitative estimate of drug-likeness (QED) is 0.717. The van der Waals surface area contributed by atoms with E-state index in [1.54, 1.807) is 6.92 Å². The maximum atomic E-state index is 9.37. The Morgan fingerprint density at radius 3 is 1.92 bits per heavy atom. The van der Waals surface area contributed by atoms with Gasteiger partial charge in [-0.15, -0.1) is 0 Å². The first-order valence-corrected chi connectivity index (χ1v) is 5.42. The molecule has 0 saturated heterocycles. The zero-order chi connectivity index (χ0) is 10.1. The summed E-state index contributed by atoms with van der Waals surface area (Å²) in [7, 11) is 0. The van der Waals surface area contributed by atoms with Gasteiger partial charge in [-0.05, 0) is 5.92 Å². The van der Waals surface area contributed by atoms with Crippen molar-refractivity contribution in [2.45, 2.75) is 58.8 Å². The summed E-state index contributed by atoms with van der Waals surface area (Å²) < 4.78 is 0. The average molecular weight is 186 g/mol. The van der Waals surface area contributed by atoms with Crippen LogP contribution >= 0.6 is 0 Å². The van der Waals surface area contributed by atoms with Crippen molar-refractivity contribution in [2.24, 2.45) is 5.92 Å². The monoisotopic (exact) mass is 186 g/mol. The third-order valence-electron chi connectivity index (χ3n) is 2.60. The Kier molecular flexibility index (Phi) is 7.76. The van der Waals surface area contributed by atoms with E-state index < -0.39 is 5.97 Å². The summed E-state index contributed by atoms with van der Waals surface area (Å²) in [4.78, 5) is 9.37. The van der Waals surface area contributed by atoms with Gasteiger partial charge in [0.1, 0.15) is 0 Å². The van der Waals surface area contributed by atoms with Crippen LogP contribution in [0.25, 0.3) is 0 Å². The van der Waals surface area contributed by atoms with Gasteiger partial charge in [0.25, 0.3) is 0 Å². The van der Waals surface area contributed by atoms with Crippen molar-refractivity contribution >= 4 is 5.97 Å². The SMILES string of the molecule is CCC(=O)O.CCC1CCCCC1. The lowest BCUT2D eigenvalue weighted by molar-refractivity contribution is -0.136. The van der Waals surface area contributed by atoms with Crippen molar-refractivity contribution in [3.63, 3.8) is 0 Å². The topological polar surface area (TPSA) is 37.3 Å². The summed E-state index contributed by atoms with van der Waals surface area (Å²) in [6, 6.07) is 0. The standard InChI is InChI=1S/C8H16.C3H6O2/c1-2-8-6-4-3-5-7-8;1-2-3(4)5/h8H,2-7H2,1H3;2H2,1H3,(H,4,5). The van der Waals surface area contributed by atoms with Gasteiger partial charge < -0.3 is 5.11 Å². The molecule has 0 radical (unpaired) electrons. The van der Waals surface area contributed by atoms with Crippen molar-refractivity contribution in [2.75, 3.05) is 0 Å². The minimum Gasteiger partial charge on any atom is -0.481 e. The van der Waals surface area contributed by atoms with Gasteiger partial charge in [-0.3, -0.25) is 4.79 Å². The minimum atomic E-state index is -0.745. The zero-order valence-electron chi connectivity index (χ0n) is 8.88. The fourth-order valence-electron chi connectivity index (χ4n) is 1.60. The molecule has 0 aromatic rings. The Balaban J connectivity index is 0.000000252. The molecule has 0 spiro atoms. The molecular weight excluding hydrogens is 164 g/mol. The zero-order valence-corrected chi connectivity index (χ0v) is 8.88. The molecule has 1 rings (SSSR count). The molecular formula is C11H22O2. The number of carbonyl (C=O) groups is 1. The van der Waals surface area contributed by atoms with Crippen LogP contribution in [0.1, 0.15) is 58.8 Å². The van der Waals surface area contributed by atoms with Crippen LogP contribution in [0, 0.1) is 5.92 Å². The van der Waals surface area contributed by atoms with Gasteiger partial charge in [-0.1, -0.05) is 52.4 Å². The third-order valence-corrected chi connectivity index (χ3v) is 2.60. The fraction of sp³-hybridized carbons (Fsp3) is 0.909. The average Bonchev–Trinajstić information content (AvgIpc) is 2.20. The van der Waals surface area contributed by atoms with E-state index in [1.165, 1.54) is 38.5 Å². The Morgan fingerprint density at radius 1 is 1.23 bits per heavy atom. The highest BCUT2D eigenvalue weighted by molar-refractivity contribution is 5.66. The summed E-state index contributed by atoms with van der Waals surface area (Å²) in [5.41, 5.74) is 0. The van der Waals surface area contributed by atoms with Gasteiger partial charge in [0.15, 0.2) is 0 Å². The minimum absolute atomic E-state index is 0.222. The molecule has 0 aromatic heterocycles. The first kappa shape index (κ1) is 12.5. The van der Waals surface area contributed by atoms with Crippen LogP contribution in [0.2, 0.25) is 0 Å². The largest absolute Gasteiger partial charge is 0.481 e. The second kappa shape index (κ2) is 8.09. The summed E-state index contributed by atoms with van der Waals surface area (Å²) in [5.74, 6) is 0.341. The molecule has 0 heterocycles. The predicted octanol–water partition coefficient (Wildman–Crippen LogP) is 3.46. The molecule has 1 saturated carbocycles. The summed E-state index contributed by atoms with van der Waals surface area (Å²) in [6.45, 7) is 3.92. The lowest BCUT2D eigenvalue weighted by atomic mass is 9.88. The van der Waals surface area contributed by atoms with Crippen molar-refractivity contribution in [1.82, 2.24) is 0 Å². The summed E-state index contributed by atoms with van der Waals surface area (Å²) in [5, 5.41) is 7.72. The Labute approximate surface area is 81.3 Å². The van der Waals surface area contributed by atoms with Crippen LogP contribution in [0.5, 0.6) is 0 Å². The second-order valence-corrected chi connectivity index (χ2v) is 3.66. The van der Waals surface area contributed by atoms with Gasteiger partial charge >= 0.3 is 5.97 Å². The molecule has 1 aliphatic carbocycles. The second-order valence-electron chi connectivity index (χ2n) is 3.66. The number of rotatable bonds is 2. The molecule has 0 aromatic carbocycles. The first-order valence-electron chi connectivity index (χ1n) is 5.42. The molecule has 78 valence electrons. The van der Waals surface area contributed by atoms with E-state index in [0.29, 0.717) is 0 Å². The van der Waals surface area contributed by atoms with Gasteiger partial charge in [-0.25, -0.2) is 0 Å². The van der Waals surface area contributed by atoms with Crippen LogP contribution in [-0.4, -0.2) is 11.1 Å². The number of hydrogen-bond acceptors (Lipinski definition) is 1. The predicted molar refractivity (Wildman–Crippen MR) is 54.8 cm³/mol. The van der Waals surface area contributed by atoms with E-state index in [1.807, 2.05) is 0 Å². The molecule has 0 bridgehead atoms. The van der Waals surface area contributed by atoms with E-state index in [0.717, 1.165) is 5.92 Å². The summed E-state index contributed by atoms with van der Waals surface area (Å²) >= 11 is 0. The third kappa shape index (κ3) is 7.82. The molecule has 13 heavy (non-hydrogen) atoms. The van der Waals surface area contributed by atoms with Crippen LogP contribution in [-0.2, 0) is 4.79 Å². The van der Waals surface area contributed by atoms with Crippen molar-refractivity contribution in [3.8, 4) is 0 Å². The highest BCUT2D eigenvalue weighted by Crippen LogP contribution is 2.25. The lowest BCUT2D eigenvalue weighted by Gasteiger charge is -2.18. The van der Waals surface area contributed by atoms with Crippen molar-refractivity contribution < 1.29 is 9.90 Å². The van der Waals surface area contributed by atoms with E-state index in [-0.39, 0.29) is 6.42 Å². The van der Waals surface area contributed by atoms with E-state index in [2.05, 4.69) is 6.92 Å².